The zero-order valence-electron chi connectivity index (χ0n) is 25.9. The fraction of sp³-hybridized carbons (Fsp3) is 0.750. The highest BCUT2D eigenvalue weighted by Gasteiger charge is 2.39. The Kier molecular flexibility index (Phi) is 13.2. The molecule has 5 unspecified atom stereocenters. The predicted molar refractivity (Wildman–Crippen MR) is 165 cm³/mol. The van der Waals surface area contributed by atoms with Crippen molar-refractivity contribution in [3.63, 3.8) is 0 Å². The molecule has 3 aliphatic rings. The van der Waals surface area contributed by atoms with Crippen LogP contribution in [-0.2, 0) is 25.4 Å². The fourth-order valence-corrected chi connectivity index (χ4v) is 7.93. The van der Waals surface area contributed by atoms with E-state index in [1.807, 2.05) is 0 Å². The molecule has 5 nitrogen and oxygen atoms in total. The number of hydrogen-bond acceptors (Lipinski definition) is 5. The second-order valence-corrected chi connectivity index (χ2v) is 13.4. The molecule has 41 heavy (non-hydrogen) atoms. The van der Waals surface area contributed by atoms with Crippen LogP contribution >= 0.6 is 0 Å². The Hall–Kier alpha value is -1.69. The first kappa shape index (κ1) is 32.2. The number of rotatable bonds is 15. The second kappa shape index (κ2) is 16.8. The summed E-state index contributed by atoms with van der Waals surface area (Å²) in [5, 5.41) is 9.06. The van der Waals surface area contributed by atoms with E-state index in [1.165, 1.54) is 82.6 Å². The first-order valence-corrected chi connectivity index (χ1v) is 16.7. The van der Waals surface area contributed by atoms with E-state index in [9.17, 15) is 4.79 Å². The van der Waals surface area contributed by atoms with Crippen LogP contribution in [0.2, 0.25) is 0 Å². The largest absolute Gasteiger partial charge is 0.462 e. The fourth-order valence-electron chi connectivity index (χ4n) is 7.93. The lowest BCUT2D eigenvalue weighted by molar-refractivity contribution is -0.142. The maximum absolute atomic E-state index is 11.8. The summed E-state index contributed by atoms with van der Waals surface area (Å²) in [4.78, 5) is 11.8. The van der Waals surface area contributed by atoms with Crippen LogP contribution in [0.5, 0.6) is 0 Å². The summed E-state index contributed by atoms with van der Waals surface area (Å²) in [7, 11) is 1.65. The van der Waals surface area contributed by atoms with Gasteiger partial charge in [-0.25, -0.2) is 4.79 Å². The van der Waals surface area contributed by atoms with Crippen LogP contribution in [-0.4, -0.2) is 50.7 Å². The van der Waals surface area contributed by atoms with Crippen molar-refractivity contribution >= 4 is 5.97 Å². The van der Waals surface area contributed by atoms with Gasteiger partial charge in [0, 0.05) is 13.0 Å². The molecule has 1 aromatic carbocycles. The number of aryl methyl sites for hydroxylation is 1. The van der Waals surface area contributed by atoms with Crippen molar-refractivity contribution in [1.82, 2.24) is 0 Å². The minimum Gasteiger partial charge on any atom is -0.462 e. The van der Waals surface area contributed by atoms with Gasteiger partial charge in [-0.3, -0.25) is 0 Å². The number of unbranched alkanes of at least 4 members (excludes halogenated alkanes) is 2. The highest BCUT2D eigenvalue weighted by atomic mass is 16.5. The Bertz CT molecular complexity index is 918. The van der Waals surface area contributed by atoms with E-state index >= 15 is 0 Å². The Morgan fingerprint density at radius 2 is 1.54 bits per heavy atom. The van der Waals surface area contributed by atoms with Gasteiger partial charge in [0.1, 0.15) is 0 Å². The average Bonchev–Trinajstić information content (AvgIpc) is 3.02. The predicted octanol–water partition coefficient (Wildman–Crippen LogP) is 7.65. The molecule has 5 heteroatoms. The van der Waals surface area contributed by atoms with Crippen LogP contribution in [0.3, 0.4) is 0 Å². The Balaban J connectivity index is 1.16. The number of ether oxygens (including phenoxy) is 3. The maximum Gasteiger partial charge on any atom is 0.335 e. The Morgan fingerprint density at radius 3 is 2.22 bits per heavy atom. The summed E-state index contributed by atoms with van der Waals surface area (Å²) < 4.78 is 16.9. The minimum absolute atomic E-state index is 0.0118. The van der Waals surface area contributed by atoms with Gasteiger partial charge < -0.3 is 19.3 Å². The molecule has 230 valence electrons. The normalized spacial score (nSPS) is 29.0. The number of benzene rings is 1. The molecule has 3 aliphatic carbocycles. The molecule has 1 aromatic rings. The molecule has 0 aromatic heterocycles. The van der Waals surface area contributed by atoms with Crippen molar-refractivity contribution in [2.75, 3.05) is 33.5 Å². The van der Waals surface area contributed by atoms with Crippen LogP contribution in [0.1, 0.15) is 107 Å². The number of hydrogen-bond donors (Lipinski definition) is 1. The highest BCUT2D eigenvalue weighted by Crippen LogP contribution is 2.50. The second-order valence-electron chi connectivity index (χ2n) is 13.4. The summed E-state index contributed by atoms with van der Waals surface area (Å²) in [5.74, 6) is 3.82. The molecule has 0 saturated heterocycles. The smallest absolute Gasteiger partial charge is 0.335 e. The molecule has 0 spiro atoms. The number of methoxy groups -OCH3 is 1. The van der Waals surface area contributed by atoms with Gasteiger partial charge in [-0.1, -0.05) is 50.6 Å². The van der Waals surface area contributed by atoms with Gasteiger partial charge in [-0.15, -0.1) is 0 Å². The summed E-state index contributed by atoms with van der Waals surface area (Å²) in [6.07, 6.45) is 18.8. The Morgan fingerprint density at radius 1 is 0.878 bits per heavy atom. The zero-order valence-corrected chi connectivity index (χ0v) is 25.9. The SMILES string of the molecule is C=C(CO)C(=O)OCC(COC)COC1CCC(C2CCC3CC(c4ccc(CCCCC)cc4)CCC3C2)CC1. The molecule has 4 rings (SSSR count). The van der Waals surface area contributed by atoms with Gasteiger partial charge in [0.25, 0.3) is 0 Å². The molecule has 5 atom stereocenters. The summed E-state index contributed by atoms with van der Waals surface area (Å²) >= 11 is 0. The van der Waals surface area contributed by atoms with Gasteiger partial charge in [0.05, 0.1) is 38.1 Å². The maximum atomic E-state index is 11.8. The van der Waals surface area contributed by atoms with Crippen molar-refractivity contribution in [3.05, 3.63) is 47.5 Å². The van der Waals surface area contributed by atoms with Crippen molar-refractivity contribution < 1.29 is 24.1 Å². The highest BCUT2D eigenvalue weighted by molar-refractivity contribution is 5.87. The van der Waals surface area contributed by atoms with E-state index in [2.05, 4.69) is 37.8 Å². The van der Waals surface area contributed by atoms with Crippen LogP contribution in [0.4, 0.5) is 0 Å². The third kappa shape index (κ3) is 9.66. The third-order valence-electron chi connectivity index (χ3n) is 10.5. The first-order chi connectivity index (χ1) is 20.0. The Labute approximate surface area is 249 Å². The van der Waals surface area contributed by atoms with E-state index in [0.29, 0.717) is 19.3 Å². The lowest BCUT2D eigenvalue weighted by Crippen LogP contribution is -2.35. The van der Waals surface area contributed by atoms with Gasteiger partial charge >= 0.3 is 5.97 Å². The third-order valence-corrected chi connectivity index (χ3v) is 10.5. The van der Waals surface area contributed by atoms with E-state index in [1.54, 1.807) is 12.7 Å². The van der Waals surface area contributed by atoms with Crippen LogP contribution in [0.15, 0.2) is 36.4 Å². The summed E-state index contributed by atoms with van der Waals surface area (Å²) in [6.45, 7) is 6.64. The molecule has 1 N–H and O–H groups in total. The van der Waals surface area contributed by atoms with Crippen molar-refractivity contribution in [2.45, 2.75) is 109 Å². The van der Waals surface area contributed by atoms with E-state index in [4.69, 9.17) is 19.3 Å². The molecule has 0 heterocycles. The quantitative estimate of drug-likeness (QED) is 0.134. The monoisotopic (exact) mass is 568 g/mol. The van der Waals surface area contributed by atoms with E-state index < -0.39 is 5.97 Å². The topological polar surface area (TPSA) is 65.0 Å². The van der Waals surface area contributed by atoms with Gasteiger partial charge in [-0.05, 0) is 118 Å². The van der Waals surface area contributed by atoms with Crippen molar-refractivity contribution in [1.29, 1.82) is 0 Å². The van der Waals surface area contributed by atoms with Crippen LogP contribution in [0.25, 0.3) is 0 Å². The van der Waals surface area contributed by atoms with Crippen molar-refractivity contribution in [2.24, 2.45) is 29.6 Å². The molecule has 0 amide bonds. The number of aliphatic hydroxyl groups is 1. The van der Waals surface area contributed by atoms with E-state index in [0.717, 1.165) is 42.4 Å². The molecule has 0 bridgehead atoms. The summed E-state index contributed by atoms with van der Waals surface area (Å²) in [5.41, 5.74) is 3.17. The molecule has 0 aliphatic heterocycles. The number of aliphatic hydroxyl groups excluding tert-OH is 1. The molecule has 3 fully saturated rings. The minimum atomic E-state index is -0.552. The zero-order chi connectivity index (χ0) is 29.0. The van der Waals surface area contributed by atoms with Crippen molar-refractivity contribution in [3.8, 4) is 0 Å². The average molecular weight is 569 g/mol. The van der Waals surface area contributed by atoms with Gasteiger partial charge in [-0.2, -0.15) is 0 Å². The number of carbonyl (C=O) groups is 1. The van der Waals surface area contributed by atoms with E-state index in [-0.39, 0.29) is 24.7 Å². The molecular formula is C36H56O5. The summed E-state index contributed by atoms with van der Waals surface area (Å²) in [6, 6.07) is 9.68. The van der Waals surface area contributed by atoms with Crippen LogP contribution in [0, 0.1) is 29.6 Å². The lowest BCUT2D eigenvalue weighted by atomic mass is 9.60. The van der Waals surface area contributed by atoms with Gasteiger partial charge in [0.15, 0.2) is 0 Å². The first-order valence-electron chi connectivity index (χ1n) is 16.7. The molecule has 0 radical (unpaired) electrons. The molecular weight excluding hydrogens is 512 g/mol. The molecule has 3 saturated carbocycles. The van der Waals surface area contributed by atoms with Crippen LogP contribution < -0.4 is 0 Å². The number of esters is 1. The lowest BCUT2D eigenvalue weighted by Gasteiger charge is -2.45. The van der Waals surface area contributed by atoms with Gasteiger partial charge in [0.2, 0.25) is 0 Å². The number of fused-ring (bicyclic) bond motifs is 1. The number of carbonyl (C=O) groups excluding carboxylic acids is 1. The standard InChI is InChI=1S/C36H56O5/c1-4-5-6-7-27-8-10-29(11-9-27)31-12-14-34-21-32(13-15-33(34)20-31)30-16-18-35(19-17-30)40-24-28(23-39-3)25-41-36(38)26(2)22-37/h8-11,28,30-35,37H,2,4-7,12-25H2,1,3H3.